The van der Waals surface area contributed by atoms with Crippen LogP contribution in [0.2, 0.25) is 0 Å². The molecule has 0 aromatic heterocycles. The maximum atomic E-state index is 13.4. The van der Waals surface area contributed by atoms with Crippen molar-refractivity contribution in [3.8, 4) is 0 Å². The van der Waals surface area contributed by atoms with Crippen molar-refractivity contribution in [2.24, 2.45) is 0 Å². The third kappa shape index (κ3) is 3.70. The molecule has 0 unspecified atom stereocenters. The molecule has 3 aromatic carbocycles. The molecule has 0 spiro atoms. The van der Waals surface area contributed by atoms with E-state index in [1.807, 2.05) is 54.6 Å². The van der Waals surface area contributed by atoms with Crippen LogP contribution in [0, 0.1) is 10.6 Å². The van der Waals surface area contributed by atoms with E-state index in [4.69, 9.17) is 0 Å². The predicted molar refractivity (Wildman–Crippen MR) is 133 cm³/mol. The fourth-order valence-electron chi connectivity index (χ4n) is 4.14. The van der Waals surface area contributed by atoms with Crippen molar-refractivity contribution in [2.75, 3.05) is 5.06 Å². The number of fused-ring (bicyclic) bond motifs is 2. The number of hydrogen-bond acceptors (Lipinski definition) is 3. The molecule has 1 aliphatic heterocycles. The van der Waals surface area contributed by atoms with E-state index < -0.39 is 0 Å². The van der Waals surface area contributed by atoms with E-state index in [-0.39, 0.29) is 10.8 Å². The highest BCUT2D eigenvalue weighted by Crippen LogP contribution is 2.49. The van der Waals surface area contributed by atoms with E-state index in [1.165, 1.54) is 0 Å². The summed E-state index contributed by atoms with van der Waals surface area (Å²) >= 11 is 0. The average Bonchev–Trinajstić information content (AvgIpc) is 2.75. The molecule has 1 heterocycles. The average molecular weight is 424 g/mol. The van der Waals surface area contributed by atoms with Crippen LogP contribution in [0.25, 0.3) is 16.2 Å². The Hall–Kier alpha value is -3.42. The Labute approximate surface area is 190 Å². The van der Waals surface area contributed by atoms with E-state index in [9.17, 15) is 10.6 Å². The van der Waals surface area contributed by atoms with Crippen molar-refractivity contribution in [1.82, 2.24) is 0 Å². The summed E-state index contributed by atoms with van der Waals surface area (Å²) in [6.45, 7) is 12.9. The maximum Gasteiger partial charge on any atom is 0.400 e. The molecule has 1 aliphatic rings. The summed E-state index contributed by atoms with van der Waals surface area (Å²) in [5.74, 6) is 0. The molecule has 0 radical (unpaired) electrons. The van der Waals surface area contributed by atoms with Crippen LogP contribution in [-0.2, 0) is 10.8 Å². The Bertz CT molecular complexity index is 1190. The lowest BCUT2D eigenvalue weighted by Gasteiger charge is -2.40. The van der Waals surface area contributed by atoms with Gasteiger partial charge in [0.15, 0.2) is 4.98 Å². The van der Waals surface area contributed by atoms with Crippen LogP contribution in [-0.4, -0.2) is 0 Å². The van der Waals surface area contributed by atoms with E-state index in [0.29, 0.717) is 17.1 Å². The SMILES string of the molecule is CC(C)(C)c1ccc2c(c1)C(=C([N+]#N)c1ccccc1)c1cc(C(C)(C)C)ccc1N2[O-]. The zero-order valence-electron chi connectivity index (χ0n) is 19.6. The van der Waals surface area contributed by atoms with E-state index in [0.717, 1.165) is 38.5 Å². The Morgan fingerprint density at radius 1 is 0.750 bits per heavy atom. The number of diazo groups is 1. The van der Waals surface area contributed by atoms with Crippen LogP contribution < -0.4 is 5.06 Å². The van der Waals surface area contributed by atoms with Gasteiger partial charge in [0.05, 0.1) is 11.1 Å². The molecule has 4 nitrogen and oxygen atoms in total. The topological polar surface area (TPSA) is 54.5 Å². The number of anilines is 2. The summed E-state index contributed by atoms with van der Waals surface area (Å²) < 4.78 is 0. The zero-order chi connectivity index (χ0) is 23.3. The summed E-state index contributed by atoms with van der Waals surface area (Å²) in [5, 5.41) is 24.6. The Balaban J connectivity index is 2.13. The van der Waals surface area contributed by atoms with Gasteiger partial charge in [-0.15, -0.1) is 0 Å². The second kappa shape index (κ2) is 7.62. The number of nitrogens with zero attached hydrogens (tertiary/aromatic N) is 3. The normalized spacial score (nSPS) is 13.3. The van der Waals surface area contributed by atoms with Crippen molar-refractivity contribution in [2.45, 2.75) is 52.4 Å². The molecular weight excluding hydrogens is 394 g/mol. The summed E-state index contributed by atoms with van der Waals surface area (Å²) in [4.78, 5) is 3.75. The van der Waals surface area contributed by atoms with Gasteiger partial charge < -0.3 is 10.3 Å². The highest BCUT2D eigenvalue weighted by molar-refractivity contribution is 6.09. The van der Waals surface area contributed by atoms with Crippen molar-refractivity contribution in [3.63, 3.8) is 0 Å². The van der Waals surface area contributed by atoms with Crippen LogP contribution in [0.5, 0.6) is 0 Å². The Morgan fingerprint density at radius 2 is 1.22 bits per heavy atom. The van der Waals surface area contributed by atoms with Gasteiger partial charge >= 0.3 is 5.70 Å². The predicted octanol–water partition coefficient (Wildman–Crippen LogP) is 8.00. The first-order chi connectivity index (χ1) is 15.0. The second-order valence-electron chi connectivity index (χ2n) is 10.4. The van der Waals surface area contributed by atoms with E-state index in [2.05, 4.69) is 58.7 Å². The standard InChI is InChI=1S/C28H29N3O/c1-27(2,3)19-12-14-23-21(16-19)25(26(30-29)18-10-8-7-9-11-18)22-17-20(28(4,5)6)13-15-24(22)31(23)32/h7-17H,1-6H3. The van der Waals surface area contributed by atoms with Crippen molar-refractivity contribution < 1.29 is 0 Å². The van der Waals surface area contributed by atoms with Crippen LogP contribution in [0.4, 0.5) is 11.4 Å². The zero-order valence-corrected chi connectivity index (χ0v) is 19.6. The lowest BCUT2D eigenvalue weighted by Crippen LogP contribution is -2.20. The molecule has 4 rings (SSSR count). The number of rotatable bonds is 1. The first-order valence-corrected chi connectivity index (χ1v) is 10.9. The summed E-state index contributed by atoms with van der Waals surface area (Å²) in [6.07, 6.45) is 0. The third-order valence-electron chi connectivity index (χ3n) is 6.09. The quantitative estimate of drug-likeness (QED) is 0.373. The molecule has 32 heavy (non-hydrogen) atoms. The molecule has 0 atom stereocenters. The van der Waals surface area contributed by atoms with Crippen LogP contribution >= 0.6 is 0 Å². The van der Waals surface area contributed by atoms with E-state index in [1.54, 1.807) is 0 Å². The van der Waals surface area contributed by atoms with Gasteiger partial charge in [-0.25, -0.2) is 0 Å². The minimum atomic E-state index is -0.0926. The van der Waals surface area contributed by atoms with Gasteiger partial charge in [-0.05, 0) is 58.4 Å². The molecule has 162 valence electrons. The van der Waals surface area contributed by atoms with Gasteiger partial charge in [-0.1, -0.05) is 71.9 Å². The lowest BCUT2D eigenvalue weighted by atomic mass is 9.79. The number of benzene rings is 3. The van der Waals surface area contributed by atoms with Gasteiger partial charge in [-0.3, -0.25) is 0 Å². The van der Waals surface area contributed by atoms with Crippen LogP contribution in [0.15, 0.2) is 66.7 Å². The first kappa shape index (κ1) is 21.8. The Morgan fingerprint density at radius 3 is 1.62 bits per heavy atom. The molecule has 4 heteroatoms. The number of hydrogen-bond donors (Lipinski definition) is 0. The monoisotopic (exact) mass is 423 g/mol. The van der Waals surface area contributed by atoms with Gasteiger partial charge in [0.1, 0.15) is 0 Å². The summed E-state index contributed by atoms with van der Waals surface area (Å²) in [5.41, 5.74) is 6.74. The highest BCUT2D eigenvalue weighted by atomic mass is 16.5. The molecular formula is C28H29N3O. The minimum Gasteiger partial charge on any atom is -0.754 e. The maximum absolute atomic E-state index is 13.4. The van der Waals surface area contributed by atoms with Crippen molar-refractivity contribution in [1.29, 1.82) is 5.39 Å². The molecule has 0 fully saturated rings. The first-order valence-electron chi connectivity index (χ1n) is 10.9. The van der Waals surface area contributed by atoms with Gasteiger partial charge in [0, 0.05) is 22.5 Å². The molecule has 0 amide bonds. The third-order valence-corrected chi connectivity index (χ3v) is 6.09. The molecule has 0 N–H and O–H groups in total. The Kier molecular flexibility index (Phi) is 5.19. The van der Waals surface area contributed by atoms with Crippen LogP contribution in [0.3, 0.4) is 0 Å². The summed E-state index contributed by atoms with van der Waals surface area (Å²) in [7, 11) is 0. The molecule has 0 aliphatic carbocycles. The molecule has 3 aromatic rings. The van der Waals surface area contributed by atoms with Crippen LogP contribution in [0.1, 0.15) is 69.4 Å². The largest absolute Gasteiger partial charge is 0.754 e. The summed E-state index contributed by atoms with van der Waals surface area (Å²) in [6, 6.07) is 21.5. The van der Waals surface area contributed by atoms with Gasteiger partial charge in [-0.2, -0.15) is 0 Å². The van der Waals surface area contributed by atoms with Crippen molar-refractivity contribution in [3.05, 3.63) is 105 Å². The molecule has 0 saturated heterocycles. The smallest absolute Gasteiger partial charge is 0.400 e. The molecule has 0 bridgehead atoms. The fourth-order valence-corrected chi connectivity index (χ4v) is 4.14. The molecule has 0 saturated carbocycles. The van der Waals surface area contributed by atoms with Gasteiger partial charge in [0.2, 0.25) is 5.39 Å². The van der Waals surface area contributed by atoms with Crippen molar-refractivity contribution >= 4 is 22.6 Å². The lowest BCUT2D eigenvalue weighted by molar-refractivity contribution is 0.590. The second-order valence-corrected chi connectivity index (χ2v) is 10.4. The fraction of sp³-hybridized carbons (Fsp3) is 0.286. The minimum absolute atomic E-state index is 0.0926. The van der Waals surface area contributed by atoms with E-state index >= 15 is 0 Å². The highest BCUT2D eigenvalue weighted by Gasteiger charge is 2.33. The van der Waals surface area contributed by atoms with Gasteiger partial charge in [0.25, 0.3) is 0 Å².